The topological polar surface area (TPSA) is 50.3 Å². The van der Waals surface area contributed by atoms with Gasteiger partial charge in [0.15, 0.2) is 0 Å². The molecule has 1 aromatic heterocycles. The Balaban J connectivity index is 1.57. The molecule has 4 nitrogen and oxygen atoms in total. The smallest absolute Gasteiger partial charge is 0.235 e. The second kappa shape index (κ2) is 9.11. The largest absolute Gasteiger partial charge is 0.342 e. The number of nitrogens with zero attached hydrogens (tertiary/aromatic N) is 2. The molecule has 1 atom stereocenters. The summed E-state index contributed by atoms with van der Waals surface area (Å²) in [4.78, 5) is 18.8. The number of thiazole rings is 1. The lowest BCUT2D eigenvalue weighted by Crippen LogP contribution is -2.40. The van der Waals surface area contributed by atoms with E-state index in [-0.39, 0.29) is 11.7 Å². The first kappa shape index (κ1) is 19.5. The summed E-state index contributed by atoms with van der Waals surface area (Å²) in [6, 6.07) is 7.85. The molecule has 0 saturated heterocycles. The molecule has 0 unspecified atom stereocenters. The van der Waals surface area contributed by atoms with Gasteiger partial charge in [-0.3, -0.25) is 9.00 Å². The van der Waals surface area contributed by atoms with Crippen molar-refractivity contribution in [1.29, 1.82) is 0 Å². The quantitative estimate of drug-likeness (QED) is 0.704. The van der Waals surface area contributed by atoms with Crippen molar-refractivity contribution in [2.45, 2.75) is 43.9 Å². The molecule has 1 heterocycles. The molecule has 1 aromatic carbocycles. The van der Waals surface area contributed by atoms with Crippen LogP contribution in [-0.2, 0) is 21.3 Å². The third kappa shape index (κ3) is 4.93. The standard InChI is InChI=1S/C19H23ClN2O2S2/c1-22(15-7-3-2-4-8-15)18(23)13-26(24)12-14-11-25-19(21-14)16-9-5-6-10-17(16)20/h5-6,9-11,15H,2-4,7-8,12-13H2,1H3/t26-/m0/s1. The predicted molar refractivity (Wildman–Crippen MR) is 109 cm³/mol. The average Bonchev–Trinajstić information content (AvgIpc) is 3.10. The molecule has 1 saturated carbocycles. The molecule has 0 radical (unpaired) electrons. The Morgan fingerprint density at radius 2 is 2.04 bits per heavy atom. The highest BCUT2D eigenvalue weighted by atomic mass is 35.5. The highest BCUT2D eigenvalue weighted by molar-refractivity contribution is 7.84. The van der Waals surface area contributed by atoms with E-state index in [1.54, 1.807) is 4.90 Å². The Hall–Kier alpha value is -1.24. The van der Waals surface area contributed by atoms with E-state index in [2.05, 4.69) is 4.98 Å². The first-order valence-electron chi connectivity index (χ1n) is 8.84. The molecule has 2 aromatic rings. The third-order valence-electron chi connectivity index (χ3n) is 4.77. The fraction of sp³-hybridized carbons (Fsp3) is 0.474. The van der Waals surface area contributed by atoms with Crippen molar-refractivity contribution in [3.05, 3.63) is 40.4 Å². The van der Waals surface area contributed by atoms with E-state index in [4.69, 9.17) is 11.6 Å². The van der Waals surface area contributed by atoms with Crippen molar-refractivity contribution >= 4 is 39.6 Å². The Morgan fingerprint density at radius 1 is 1.31 bits per heavy atom. The molecule has 26 heavy (non-hydrogen) atoms. The van der Waals surface area contributed by atoms with E-state index in [9.17, 15) is 9.00 Å². The zero-order valence-corrected chi connectivity index (χ0v) is 17.2. The van der Waals surface area contributed by atoms with E-state index in [0.717, 1.165) is 29.1 Å². The second-order valence-corrected chi connectivity index (χ2v) is 9.37. The van der Waals surface area contributed by atoms with Crippen molar-refractivity contribution in [1.82, 2.24) is 9.88 Å². The van der Waals surface area contributed by atoms with Gasteiger partial charge in [-0.1, -0.05) is 49.1 Å². The fourth-order valence-corrected chi connectivity index (χ4v) is 5.56. The Kier molecular flexibility index (Phi) is 6.84. The van der Waals surface area contributed by atoms with Crippen LogP contribution in [0.4, 0.5) is 0 Å². The number of carbonyl (C=O) groups excluding carboxylic acids is 1. The van der Waals surface area contributed by atoms with Gasteiger partial charge in [0.1, 0.15) is 10.8 Å². The number of halogens is 1. The number of rotatable bonds is 6. The van der Waals surface area contributed by atoms with Crippen molar-refractivity contribution in [3.8, 4) is 10.6 Å². The molecule has 0 aliphatic heterocycles. The minimum absolute atomic E-state index is 0.0307. The van der Waals surface area contributed by atoms with Crippen LogP contribution in [0.3, 0.4) is 0 Å². The van der Waals surface area contributed by atoms with Gasteiger partial charge in [0.2, 0.25) is 5.91 Å². The normalized spacial score (nSPS) is 16.4. The summed E-state index contributed by atoms with van der Waals surface area (Å²) in [6.07, 6.45) is 5.72. The van der Waals surface area contributed by atoms with Gasteiger partial charge in [0.05, 0.1) is 16.5 Å². The summed E-state index contributed by atoms with van der Waals surface area (Å²) < 4.78 is 12.4. The number of hydrogen-bond donors (Lipinski definition) is 0. The lowest BCUT2D eigenvalue weighted by molar-refractivity contribution is -0.129. The maximum absolute atomic E-state index is 12.4. The van der Waals surface area contributed by atoms with Crippen LogP contribution >= 0.6 is 22.9 Å². The SMILES string of the molecule is CN(C(=O)C[S@@](=O)Cc1csc(-c2ccccc2Cl)n1)C1CCCCC1. The van der Waals surface area contributed by atoms with Crippen molar-refractivity contribution in [3.63, 3.8) is 0 Å². The van der Waals surface area contributed by atoms with Gasteiger partial charge < -0.3 is 4.90 Å². The van der Waals surface area contributed by atoms with Gasteiger partial charge >= 0.3 is 0 Å². The molecule has 3 rings (SSSR count). The summed E-state index contributed by atoms with van der Waals surface area (Å²) in [5.41, 5.74) is 1.63. The molecule has 7 heteroatoms. The van der Waals surface area contributed by atoms with Crippen LogP contribution in [0.1, 0.15) is 37.8 Å². The monoisotopic (exact) mass is 410 g/mol. The van der Waals surface area contributed by atoms with Crippen LogP contribution < -0.4 is 0 Å². The minimum atomic E-state index is -1.25. The van der Waals surface area contributed by atoms with E-state index >= 15 is 0 Å². The van der Waals surface area contributed by atoms with Gasteiger partial charge in [0.25, 0.3) is 0 Å². The van der Waals surface area contributed by atoms with Gasteiger partial charge in [-0.05, 0) is 18.9 Å². The molecule has 140 valence electrons. The van der Waals surface area contributed by atoms with Gasteiger partial charge in [-0.25, -0.2) is 4.98 Å². The Labute approximate surface area is 166 Å². The van der Waals surface area contributed by atoms with E-state index < -0.39 is 10.8 Å². The van der Waals surface area contributed by atoms with Gasteiger partial charge in [-0.2, -0.15) is 0 Å². The molecule has 0 spiro atoms. The lowest BCUT2D eigenvalue weighted by Gasteiger charge is -2.31. The van der Waals surface area contributed by atoms with E-state index in [1.165, 1.54) is 30.6 Å². The number of hydrogen-bond acceptors (Lipinski definition) is 4. The second-order valence-electron chi connectivity index (χ2n) is 6.65. The van der Waals surface area contributed by atoms with Crippen molar-refractivity contribution < 1.29 is 9.00 Å². The van der Waals surface area contributed by atoms with Crippen LogP contribution in [0, 0.1) is 0 Å². The lowest BCUT2D eigenvalue weighted by atomic mass is 9.94. The van der Waals surface area contributed by atoms with Crippen LogP contribution in [-0.4, -0.2) is 38.8 Å². The molecule has 1 fully saturated rings. The molecule has 1 aliphatic rings. The highest BCUT2D eigenvalue weighted by Crippen LogP contribution is 2.30. The Morgan fingerprint density at radius 3 is 2.77 bits per heavy atom. The van der Waals surface area contributed by atoms with Crippen LogP contribution in [0.2, 0.25) is 5.02 Å². The predicted octanol–water partition coefficient (Wildman–Crippen LogP) is 4.50. The highest BCUT2D eigenvalue weighted by Gasteiger charge is 2.23. The third-order valence-corrected chi connectivity index (χ3v) is 7.21. The van der Waals surface area contributed by atoms with Crippen LogP contribution in [0.25, 0.3) is 10.6 Å². The number of carbonyl (C=O) groups is 1. The zero-order valence-electron chi connectivity index (χ0n) is 14.8. The summed E-state index contributed by atoms with van der Waals surface area (Å²) in [5.74, 6) is 0.328. The molecule has 0 N–H and O–H groups in total. The maximum atomic E-state index is 12.4. The molecular weight excluding hydrogens is 388 g/mol. The first-order valence-corrected chi connectivity index (χ1v) is 11.6. The number of amides is 1. The maximum Gasteiger partial charge on any atom is 0.235 e. The number of benzene rings is 1. The summed E-state index contributed by atoms with van der Waals surface area (Å²) in [5, 5.41) is 3.36. The van der Waals surface area contributed by atoms with Crippen molar-refractivity contribution in [2.24, 2.45) is 0 Å². The first-order chi connectivity index (χ1) is 12.5. The fourth-order valence-electron chi connectivity index (χ4n) is 3.26. The molecular formula is C19H23ClN2O2S2. The summed E-state index contributed by atoms with van der Waals surface area (Å²) in [7, 11) is 0.587. The van der Waals surface area contributed by atoms with Crippen LogP contribution in [0.15, 0.2) is 29.6 Å². The average molecular weight is 411 g/mol. The number of aromatic nitrogens is 1. The summed E-state index contributed by atoms with van der Waals surface area (Å²) >= 11 is 7.69. The summed E-state index contributed by atoms with van der Waals surface area (Å²) in [6.45, 7) is 0. The van der Waals surface area contributed by atoms with Gasteiger partial charge in [0, 0.05) is 34.8 Å². The molecule has 1 aliphatic carbocycles. The van der Waals surface area contributed by atoms with Crippen molar-refractivity contribution in [2.75, 3.05) is 12.8 Å². The van der Waals surface area contributed by atoms with Gasteiger partial charge in [-0.15, -0.1) is 11.3 Å². The molecule has 1 amide bonds. The zero-order chi connectivity index (χ0) is 18.5. The Bertz CT molecular complexity index is 787. The van der Waals surface area contributed by atoms with E-state index in [1.807, 2.05) is 36.7 Å². The van der Waals surface area contributed by atoms with E-state index in [0.29, 0.717) is 16.8 Å². The van der Waals surface area contributed by atoms with Crippen LogP contribution in [0.5, 0.6) is 0 Å². The molecule has 0 bridgehead atoms. The minimum Gasteiger partial charge on any atom is -0.342 e.